The summed E-state index contributed by atoms with van der Waals surface area (Å²) in [5.41, 5.74) is 3.26. The fourth-order valence-electron chi connectivity index (χ4n) is 4.80. The molecule has 7 nitrogen and oxygen atoms in total. The summed E-state index contributed by atoms with van der Waals surface area (Å²) in [7, 11) is 0. The standard InChI is InChI=1S/C28H26N2O5/c31-22-12-6-18(7-13-22)16-23(28(34)30-15-14-25-26(30)24(32)17-35-25)29-27(33)21-10-8-20(9-11-21)19-4-2-1-3-5-19/h1-13,23,25-26,31H,14-17H2,(H,29,33)/t23-,25+,26+/m0/s1. The normalized spacial score (nSPS) is 19.9. The van der Waals surface area contributed by atoms with Crippen molar-refractivity contribution in [2.45, 2.75) is 31.0 Å². The largest absolute Gasteiger partial charge is 0.508 e. The number of ketones is 1. The van der Waals surface area contributed by atoms with E-state index in [2.05, 4.69) is 5.32 Å². The summed E-state index contributed by atoms with van der Waals surface area (Å²) >= 11 is 0. The quantitative estimate of drug-likeness (QED) is 0.578. The maximum Gasteiger partial charge on any atom is 0.251 e. The molecule has 0 unspecified atom stereocenters. The molecule has 0 aromatic heterocycles. The molecule has 3 atom stereocenters. The molecule has 0 spiro atoms. The first-order valence-corrected chi connectivity index (χ1v) is 11.7. The van der Waals surface area contributed by atoms with E-state index in [4.69, 9.17) is 4.74 Å². The molecule has 2 fully saturated rings. The highest BCUT2D eigenvalue weighted by Gasteiger charge is 2.48. The van der Waals surface area contributed by atoms with Gasteiger partial charge in [0.2, 0.25) is 5.91 Å². The molecule has 0 aliphatic carbocycles. The summed E-state index contributed by atoms with van der Waals surface area (Å²) < 4.78 is 5.52. The monoisotopic (exact) mass is 470 g/mol. The number of carbonyl (C=O) groups is 3. The minimum atomic E-state index is -0.868. The number of Topliss-reactive ketones (excluding diaryl/α,β-unsaturated/α-hetero) is 1. The first-order chi connectivity index (χ1) is 17.0. The molecule has 5 rings (SSSR count). The van der Waals surface area contributed by atoms with Crippen molar-refractivity contribution in [3.8, 4) is 16.9 Å². The van der Waals surface area contributed by atoms with Gasteiger partial charge in [-0.05, 0) is 47.4 Å². The molecule has 2 saturated heterocycles. The number of benzene rings is 3. The molecule has 3 aromatic carbocycles. The van der Waals surface area contributed by atoms with Crippen LogP contribution in [0, 0.1) is 0 Å². The third-order valence-electron chi connectivity index (χ3n) is 6.63. The lowest BCUT2D eigenvalue weighted by Crippen LogP contribution is -2.53. The van der Waals surface area contributed by atoms with Crippen LogP contribution in [0.3, 0.4) is 0 Å². The van der Waals surface area contributed by atoms with Gasteiger partial charge in [0.25, 0.3) is 5.91 Å². The van der Waals surface area contributed by atoms with Gasteiger partial charge < -0.3 is 20.1 Å². The Hall–Kier alpha value is -3.97. The SMILES string of the molecule is O=C(N[C@@H](Cc1ccc(O)cc1)C(=O)N1CC[C@H]2OCC(=O)[C@H]21)c1ccc(-c2ccccc2)cc1. The lowest BCUT2D eigenvalue weighted by atomic mass is 10.0. The molecule has 35 heavy (non-hydrogen) atoms. The Morgan fingerprint density at radius 1 is 0.971 bits per heavy atom. The predicted molar refractivity (Wildman–Crippen MR) is 130 cm³/mol. The first kappa shape index (κ1) is 22.8. The Morgan fingerprint density at radius 3 is 2.37 bits per heavy atom. The van der Waals surface area contributed by atoms with Crippen molar-refractivity contribution in [2.75, 3.05) is 13.2 Å². The second-order valence-electron chi connectivity index (χ2n) is 8.92. The van der Waals surface area contributed by atoms with Crippen LogP contribution in [0.5, 0.6) is 5.75 Å². The number of likely N-dealkylation sites (tertiary alicyclic amines) is 1. The van der Waals surface area contributed by atoms with Gasteiger partial charge >= 0.3 is 0 Å². The molecule has 178 valence electrons. The van der Waals surface area contributed by atoms with Gasteiger partial charge in [0.15, 0.2) is 5.78 Å². The van der Waals surface area contributed by atoms with Crippen molar-refractivity contribution in [1.29, 1.82) is 0 Å². The van der Waals surface area contributed by atoms with Gasteiger partial charge in [-0.1, -0.05) is 54.6 Å². The number of nitrogens with zero attached hydrogens (tertiary/aromatic N) is 1. The van der Waals surface area contributed by atoms with E-state index in [1.54, 1.807) is 41.3 Å². The molecule has 7 heteroatoms. The van der Waals surface area contributed by atoms with Crippen LogP contribution >= 0.6 is 0 Å². The highest BCUT2D eigenvalue weighted by Crippen LogP contribution is 2.28. The Kier molecular flexibility index (Phi) is 6.33. The fraction of sp³-hybridized carbons (Fsp3) is 0.250. The molecule has 2 aliphatic rings. The van der Waals surface area contributed by atoms with Crippen molar-refractivity contribution in [2.24, 2.45) is 0 Å². The van der Waals surface area contributed by atoms with Gasteiger partial charge in [-0.25, -0.2) is 0 Å². The Labute approximate surface area is 203 Å². The zero-order valence-electron chi connectivity index (χ0n) is 19.1. The smallest absolute Gasteiger partial charge is 0.251 e. The molecular weight excluding hydrogens is 444 g/mol. The van der Waals surface area contributed by atoms with Crippen molar-refractivity contribution >= 4 is 17.6 Å². The van der Waals surface area contributed by atoms with Gasteiger partial charge in [-0.2, -0.15) is 0 Å². The minimum Gasteiger partial charge on any atom is -0.508 e. The summed E-state index contributed by atoms with van der Waals surface area (Å²) in [6.45, 7) is 0.426. The van der Waals surface area contributed by atoms with Crippen LogP contribution in [0.2, 0.25) is 0 Å². The van der Waals surface area contributed by atoms with Crippen molar-refractivity contribution in [1.82, 2.24) is 10.2 Å². The third-order valence-corrected chi connectivity index (χ3v) is 6.63. The van der Waals surface area contributed by atoms with Gasteiger partial charge in [0.1, 0.15) is 24.4 Å². The lowest BCUT2D eigenvalue weighted by Gasteiger charge is -2.27. The number of aromatic hydroxyl groups is 1. The lowest BCUT2D eigenvalue weighted by molar-refractivity contribution is -0.138. The number of ether oxygens (including phenoxy) is 1. The first-order valence-electron chi connectivity index (χ1n) is 11.7. The van der Waals surface area contributed by atoms with E-state index in [1.807, 2.05) is 42.5 Å². The number of amides is 2. The number of nitrogens with one attached hydrogen (secondary N) is 1. The molecule has 2 heterocycles. The zero-order chi connectivity index (χ0) is 24.4. The summed E-state index contributed by atoms with van der Waals surface area (Å²) in [5.74, 6) is -0.660. The maximum atomic E-state index is 13.6. The van der Waals surface area contributed by atoms with E-state index in [0.717, 1.165) is 16.7 Å². The molecule has 0 bridgehead atoms. The van der Waals surface area contributed by atoms with Crippen LogP contribution in [0.15, 0.2) is 78.9 Å². The molecule has 2 N–H and O–H groups in total. The van der Waals surface area contributed by atoms with E-state index in [-0.39, 0.29) is 42.5 Å². The number of carbonyl (C=O) groups excluding carboxylic acids is 3. The van der Waals surface area contributed by atoms with Crippen LogP contribution in [-0.4, -0.2) is 58.9 Å². The number of phenolic OH excluding ortho intramolecular Hbond substituents is 1. The van der Waals surface area contributed by atoms with Gasteiger partial charge in [0.05, 0.1) is 6.10 Å². The number of phenols is 1. The average molecular weight is 471 g/mol. The zero-order valence-corrected chi connectivity index (χ0v) is 19.1. The summed E-state index contributed by atoms with van der Waals surface area (Å²) in [5, 5.41) is 12.5. The van der Waals surface area contributed by atoms with E-state index >= 15 is 0 Å². The van der Waals surface area contributed by atoms with Crippen molar-refractivity contribution < 1.29 is 24.2 Å². The van der Waals surface area contributed by atoms with Crippen LogP contribution in [0.4, 0.5) is 0 Å². The minimum absolute atomic E-state index is 0.0157. The van der Waals surface area contributed by atoms with E-state index < -0.39 is 12.1 Å². The summed E-state index contributed by atoms with van der Waals surface area (Å²) in [4.78, 5) is 40.6. The van der Waals surface area contributed by atoms with Crippen LogP contribution in [0.1, 0.15) is 22.3 Å². The molecule has 3 aromatic rings. The maximum absolute atomic E-state index is 13.6. The fourth-order valence-corrected chi connectivity index (χ4v) is 4.80. The predicted octanol–water partition coefficient (Wildman–Crippen LogP) is 2.97. The van der Waals surface area contributed by atoms with Crippen LogP contribution < -0.4 is 5.32 Å². The number of fused-ring (bicyclic) bond motifs is 1. The summed E-state index contributed by atoms with van der Waals surface area (Å²) in [6.07, 6.45) is 0.556. The summed E-state index contributed by atoms with van der Waals surface area (Å²) in [6, 6.07) is 22.1. The molecule has 0 saturated carbocycles. The Morgan fingerprint density at radius 2 is 1.66 bits per heavy atom. The molecule has 2 aliphatic heterocycles. The van der Waals surface area contributed by atoms with Crippen LogP contribution in [0.25, 0.3) is 11.1 Å². The van der Waals surface area contributed by atoms with Crippen LogP contribution in [-0.2, 0) is 20.7 Å². The Balaban J connectivity index is 1.36. The van der Waals surface area contributed by atoms with Crippen molar-refractivity contribution in [3.05, 3.63) is 90.0 Å². The highest BCUT2D eigenvalue weighted by atomic mass is 16.5. The second-order valence-corrected chi connectivity index (χ2v) is 8.92. The van der Waals surface area contributed by atoms with Gasteiger partial charge in [0, 0.05) is 18.5 Å². The second kappa shape index (κ2) is 9.72. The molecular formula is C28H26N2O5. The Bertz CT molecular complexity index is 1220. The van der Waals surface area contributed by atoms with E-state index in [1.165, 1.54) is 0 Å². The number of rotatable bonds is 6. The third kappa shape index (κ3) is 4.81. The molecule has 0 radical (unpaired) electrons. The molecule has 2 amide bonds. The highest BCUT2D eigenvalue weighted by molar-refractivity contribution is 5.99. The topological polar surface area (TPSA) is 95.9 Å². The van der Waals surface area contributed by atoms with Crippen molar-refractivity contribution in [3.63, 3.8) is 0 Å². The average Bonchev–Trinajstić information content (AvgIpc) is 3.48. The number of hydrogen-bond donors (Lipinski definition) is 2. The van der Waals surface area contributed by atoms with Gasteiger partial charge in [-0.3, -0.25) is 14.4 Å². The van der Waals surface area contributed by atoms with E-state index in [9.17, 15) is 19.5 Å². The number of hydrogen-bond acceptors (Lipinski definition) is 5. The van der Waals surface area contributed by atoms with Gasteiger partial charge in [-0.15, -0.1) is 0 Å². The van der Waals surface area contributed by atoms with E-state index in [0.29, 0.717) is 18.5 Å².